The number of fused-ring (bicyclic) bond motifs is 1. The summed E-state index contributed by atoms with van der Waals surface area (Å²) in [5, 5.41) is 11.4. The van der Waals surface area contributed by atoms with E-state index in [2.05, 4.69) is 25.2 Å². The number of hydrogen-bond acceptors (Lipinski definition) is 8. The van der Waals surface area contributed by atoms with Crippen LogP contribution in [0.25, 0.3) is 10.8 Å². The number of ether oxygens (including phenoxy) is 5. The zero-order chi connectivity index (χ0) is 23.8. The second-order valence-corrected chi connectivity index (χ2v) is 7.67. The molecule has 1 aliphatic rings. The molecule has 0 amide bonds. The van der Waals surface area contributed by atoms with Gasteiger partial charge in [-0.15, -0.1) is 0 Å². The molecule has 3 rings (SSSR count). The first-order valence-corrected chi connectivity index (χ1v) is 10.7. The Kier molecular flexibility index (Phi) is 8.59. The second-order valence-electron chi connectivity index (χ2n) is 7.67. The molecule has 2 aromatic rings. The highest BCUT2D eigenvalue weighted by molar-refractivity contribution is 5.85. The van der Waals surface area contributed by atoms with Gasteiger partial charge < -0.3 is 28.8 Å². The fourth-order valence-electron chi connectivity index (χ4n) is 3.38. The molecule has 8 nitrogen and oxygen atoms in total. The molecular formula is C25H28O8. The van der Waals surface area contributed by atoms with E-state index in [0.29, 0.717) is 5.75 Å². The fourth-order valence-corrected chi connectivity index (χ4v) is 3.38. The smallest absolute Gasteiger partial charge is 0.337 e. The highest BCUT2D eigenvalue weighted by atomic mass is 16.7. The first-order chi connectivity index (χ1) is 15.9. The molecular weight excluding hydrogens is 428 g/mol. The van der Waals surface area contributed by atoms with E-state index in [9.17, 15) is 14.7 Å². The Morgan fingerprint density at radius 2 is 1.91 bits per heavy atom. The summed E-state index contributed by atoms with van der Waals surface area (Å²) in [5.74, 6) is -1.34. The average Bonchev–Trinajstić information content (AvgIpc) is 2.81. The van der Waals surface area contributed by atoms with Crippen LogP contribution in [-0.4, -0.2) is 42.5 Å². The minimum Gasteiger partial charge on any atom is -0.507 e. The quantitative estimate of drug-likeness (QED) is 0.255. The Labute approximate surface area is 192 Å². The van der Waals surface area contributed by atoms with Gasteiger partial charge in [-0.2, -0.15) is 0 Å². The molecule has 0 aromatic heterocycles. The molecule has 176 valence electrons. The molecule has 3 unspecified atom stereocenters. The first kappa shape index (κ1) is 24.4. The molecule has 1 N–H and O–H groups in total. The van der Waals surface area contributed by atoms with Crippen LogP contribution in [0, 0.1) is 0 Å². The van der Waals surface area contributed by atoms with Crippen molar-refractivity contribution in [1.82, 2.24) is 0 Å². The van der Waals surface area contributed by atoms with Crippen molar-refractivity contribution in [3.8, 4) is 5.75 Å². The van der Waals surface area contributed by atoms with Crippen LogP contribution < -0.4 is 4.74 Å². The predicted molar refractivity (Wildman–Crippen MR) is 120 cm³/mol. The number of carbonyl (C=O) groups is 2. The number of hydrogen-bond donors (Lipinski definition) is 1. The van der Waals surface area contributed by atoms with Crippen LogP contribution in [0.5, 0.6) is 5.75 Å². The van der Waals surface area contributed by atoms with Crippen LogP contribution in [0.1, 0.15) is 38.5 Å². The lowest BCUT2D eigenvalue weighted by Crippen LogP contribution is -2.31. The third kappa shape index (κ3) is 7.15. The normalized spacial score (nSPS) is 20.9. The van der Waals surface area contributed by atoms with E-state index in [4.69, 9.17) is 18.9 Å². The van der Waals surface area contributed by atoms with Crippen molar-refractivity contribution in [2.24, 2.45) is 0 Å². The number of aliphatic hydroxyl groups excluding tert-OH is 1. The standard InChI is InChI=1S/C25H28O8/c1-4-21-10-16(3)31-25(33-21)19-7-6-18-12-22(9-8-17(18)11-19)32-24(28)15-29-13-20(26)14-30-23(27)5-2/h5-9,11-12,14,16,21,25-26H,2,4,10,13,15H2,1,3H3/b20-14+. The van der Waals surface area contributed by atoms with Crippen LogP contribution in [0.15, 0.2) is 61.1 Å². The van der Waals surface area contributed by atoms with Gasteiger partial charge in [0.2, 0.25) is 0 Å². The number of carbonyl (C=O) groups excluding carboxylic acids is 2. The lowest BCUT2D eigenvalue weighted by Gasteiger charge is -2.34. The van der Waals surface area contributed by atoms with Crippen molar-refractivity contribution in [1.29, 1.82) is 0 Å². The number of rotatable bonds is 9. The minimum absolute atomic E-state index is 0.132. The zero-order valence-corrected chi connectivity index (χ0v) is 18.7. The zero-order valence-electron chi connectivity index (χ0n) is 18.7. The lowest BCUT2D eigenvalue weighted by atomic mass is 10.0. The van der Waals surface area contributed by atoms with E-state index in [1.165, 1.54) is 0 Å². The molecule has 33 heavy (non-hydrogen) atoms. The molecule has 0 saturated carbocycles. The van der Waals surface area contributed by atoms with Gasteiger partial charge >= 0.3 is 11.9 Å². The van der Waals surface area contributed by atoms with Crippen molar-refractivity contribution < 1.29 is 38.4 Å². The summed E-state index contributed by atoms with van der Waals surface area (Å²) in [7, 11) is 0. The third-order valence-electron chi connectivity index (χ3n) is 5.01. The van der Waals surface area contributed by atoms with Gasteiger partial charge in [-0.1, -0.05) is 31.7 Å². The van der Waals surface area contributed by atoms with Gasteiger partial charge in [-0.05, 0) is 48.7 Å². The van der Waals surface area contributed by atoms with Crippen LogP contribution in [0.3, 0.4) is 0 Å². The largest absolute Gasteiger partial charge is 0.507 e. The summed E-state index contributed by atoms with van der Waals surface area (Å²) in [5.41, 5.74) is 0.942. The second kappa shape index (κ2) is 11.6. The molecule has 1 fully saturated rings. The monoisotopic (exact) mass is 456 g/mol. The van der Waals surface area contributed by atoms with Gasteiger partial charge in [-0.25, -0.2) is 9.59 Å². The molecule has 1 heterocycles. The lowest BCUT2D eigenvalue weighted by molar-refractivity contribution is -0.243. The average molecular weight is 456 g/mol. The SMILES string of the molecule is C=CC(=O)O/C=C(/O)COCC(=O)Oc1ccc2cc(C3OC(C)CC(CC)O3)ccc2c1. The molecule has 0 aliphatic carbocycles. The Balaban J connectivity index is 1.55. The molecule has 0 radical (unpaired) electrons. The van der Waals surface area contributed by atoms with Gasteiger partial charge in [0.1, 0.15) is 25.2 Å². The maximum absolute atomic E-state index is 12.0. The molecule has 0 bridgehead atoms. The highest BCUT2D eigenvalue weighted by Crippen LogP contribution is 2.33. The van der Waals surface area contributed by atoms with E-state index in [0.717, 1.165) is 41.5 Å². The van der Waals surface area contributed by atoms with Crippen molar-refractivity contribution in [3.63, 3.8) is 0 Å². The summed E-state index contributed by atoms with van der Waals surface area (Å²) in [6.45, 7) is 6.68. The van der Waals surface area contributed by atoms with Crippen molar-refractivity contribution >= 4 is 22.7 Å². The van der Waals surface area contributed by atoms with Crippen LogP contribution in [0.2, 0.25) is 0 Å². The Hall–Kier alpha value is -3.20. The maximum Gasteiger partial charge on any atom is 0.337 e. The molecule has 8 heteroatoms. The topological polar surface area (TPSA) is 101 Å². The van der Waals surface area contributed by atoms with Gasteiger partial charge in [0, 0.05) is 11.6 Å². The summed E-state index contributed by atoms with van der Waals surface area (Å²) in [4.78, 5) is 22.9. The van der Waals surface area contributed by atoms with E-state index in [1.54, 1.807) is 12.1 Å². The van der Waals surface area contributed by atoms with Gasteiger partial charge in [-0.3, -0.25) is 0 Å². The van der Waals surface area contributed by atoms with Crippen LogP contribution in [0.4, 0.5) is 0 Å². The van der Waals surface area contributed by atoms with Crippen molar-refractivity contribution in [3.05, 3.63) is 66.6 Å². The number of benzene rings is 2. The summed E-state index contributed by atoms with van der Waals surface area (Å²) in [6.07, 6.45) is 3.51. The first-order valence-electron chi connectivity index (χ1n) is 10.7. The van der Waals surface area contributed by atoms with E-state index in [1.807, 2.05) is 24.3 Å². The number of esters is 2. The Morgan fingerprint density at radius 3 is 2.67 bits per heavy atom. The fraction of sp³-hybridized carbons (Fsp3) is 0.360. The predicted octanol–water partition coefficient (Wildman–Crippen LogP) is 4.49. The minimum atomic E-state index is -0.720. The molecule has 0 spiro atoms. The maximum atomic E-state index is 12.0. The van der Waals surface area contributed by atoms with E-state index in [-0.39, 0.29) is 24.6 Å². The van der Waals surface area contributed by atoms with Gasteiger partial charge in [0.25, 0.3) is 0 Å². The summed E-state index contributed by atoms with van der Waals surface area (Å²) < 4.78 is 26.9. The third-order valence-corrected chi connectivity index (χ3v) is 5.01. The Morgan fingerprint density at radius 1 is 1.15 bits per heavy atom. The van der Waals surface area contributed by atoms with Gasteiger partial charge in [0.05, 0.1) is 12.2 Å². The van der Waals surface area contributed by atoms with Crippen molar-refractivity contribution in [2.45, 2.75) is 45.2 Å². The molecule has 3 atom stereocenters. The van der Waals surface area contributed by atoms with Crippen LogP contribution in [-0.2, 0) is 28.5 Å². The number of aliphatic hydroxyl groups is 1. The van der Waals surface area contributed by atoms with Crippen molar-refractivity contribution in [2.75, 3.05) is 13.2 Å². The molecule has 1 aliphatic heterocycles. The molecule has 1 saturated heterocycles. The summed E-state index contributed by atoms with van der Waals surface area (Å²) in [6, 6.07) is 11.2. The van der Waals surface area contributed by atoms with E-state index < -0.39 is 24.8 Å². The van der Waals surface area contributed by atoms with Crippen LogP contribution >= 0.6 is 0 Å². The molecule has 2 aromatic carbocycles. The summed E-state index contributed by atoms with van der Waals surface area (Å²) >= 11 is 0. The van der Waals surface area contributed by atoms with Gasteiger partial charge in [0.15, 0.2) is 12.0 Å². The van der Waals surface area contributed by atoms with E-state index >= 15 is 0 Å². The highest BCUT2D eigenvalue weighted by Gasteiger charge is 2.27. The Bertz CT molecular complexity index is 1030.